The molecule has 1 amide bonds. The molecule has 5 heteroatoms. The molecule has 22 heavy (non-hydrogen) atoms. The predicted molar refractivity (Wildman–Crippen MR) is 87.4 cm³/mol. The molecule has 0 spiro atoms. The Labute approximate surface area is 137 Å². The first-order valence-electron chi connectivity index (χ1n) is 6.85. The van der Waals surface area contributed by atoms with E-state index >= 15 is 0 Å². The number of hydrogen-bond acceptors (Lipinski definition) is 2. The van der Waals surface area contributed by atoms with Crippen molar-refractivity contribution in [3.8, 4) is 0 Å². The third kappa shape index (κ3) is 5.00. The average molecular weight is 362 g/mol. The Morgan fingerprint density at radius 2 is 1.82 bits per heavy atom. The number of carboxylic acids is 1. The summed E-state index contributed by atoms with van der Waals surface area (Å²) in [4.78, 5) is 23.2. The number of carboxylic acid groups (broad SMARTS) is 1. The first-order chi connectivity index (χ1) is 10.5. The highest BCUT2D eigenvalue weighted by Gasteiger charge is 2.18. The van der Waals surface area contributed by atoms with Crippen molar-refractivity contribution in [2.24, 2.45) is 0 Å². The van der Waals surface area contributed by atoms with Gasteiger partial charge in [0.2, 0.25) is 5.91 Å². The van der Waals surface area contributed by atoms with E-state index in [-0.39, 0.29) is 18.7 Å². The van der Waals surface area contributed by atoms with Crippen molar-refractivity contribution in [2.45, 2.75) is 18.9 Å². The highest BCUT2D eigenvalue weighted by atomic mass is 79.9. The van der Waals surface area contributed by atoms with Gasteiger partial charge in [-0.15, -0.1) is 0 Å². The lowest BCUT2D eigenvalue weighted by molar-refractivity contribution is -0.137. The molecule has 114 valence electrons. The van der Waals surface area contributed by atoms with Crippen molar-refractivity contribution in [3.05, 3.63) is 70.2 Å². The van der Waals surface area contributed by atoms with Crippen LogP contribution in [-0.2, 0) is 16.0 Å². The van der Waals surface area contributed by atoms with E-state index in [4.69, 9.17) is 5.11 Å². The molecular weight excluding hydrogens is 346 g/mol. The van der Waals surface area contributed by atoms with Crippen LogP contribution in [0, 0.1) is 0 Å². The van der Waals surface area contributed by atoms with Crippen LogP contribution in [0.3, 0.4) is 0 Å². The van der Waals surface area contributed by atoms with Gasteiger partial charge in [0.1, 0.15) is 0 Å². The largest absolute Gasteiger partial charge is 0.481 e. The van der Waals surface area contributed by atoms with Crippen molar-refractivity contribution in [1.29, 1.82) is 0 Å². The van der Waals surface area contributed by atoms with Crippen LogP contribution >= 0.6 is 15.9 Å². The van der Waals surface area contributed by atoms with Crippen LogP contribution in [0.4, 0.5) is 0 Å². The Kier molecular flexibility index (Phi) is 5.72. The van der Waals surface area contributed by atoms with Crippen LogP contribution < -0.4 is 5.32 Å². The van der Waals surface area contributed by atoms with Crippen LogP contribution in [0.15, 0.2) is 59.1 Å². The second-order valence-corrected chi connectivity index (χ2v) is 5.85. The van der Waals surface area contributed by atoms with Gasteiger partial charge < -0.3 is 10.4 Å². The molecular formula is C17H16BrNO3. The Hall–Kier alpha value is -2.14. The van der Waals surface area contributed by atoms with Crippen molar-refractivity contribution in [1.82, 2.24) is 5.32 Å². The molecule has 2 aromatic carbocycles. The molecule has 4 nitrogen and oxygen atoms in total. The topological polar surface area (TPSA) is 66.4 Å². The lowest BCUT2D eigenvalue weighted by Crippen LogP contribution is -2.31. The zero-order valence-corrected chi connectivity index (χ0v) is 13.4. The van der Waals surface area contributed by atoms with Gasteiger partial charge in [-0.25, -0.2) is 0 Å². The van der Waals surface area contributed by atoms with E-state index in [1.54, 1.807) is 6.07 Å². The first-order valence-corrected chi connectivity index (χ1v) is 7.64. The van der Waals surface area contributed by atoms with Crippen LogP contribution in [0.1, 0.15) is 23.6 Å². The van der Waals surface area contributed by atoms with E-state index in [0.717, 1.165) is 15.6 Å². The van der Waals surface area contributed by atoms with E-state index in [1.807, 2.05) is 48.5 Å². The monoisotopic (exact) mass is 361 g/mol. The minimum Gasteiger partial charge on any atom is -0.481 e. The molecule has 0 aromatic heterocycles. The lowest BCUT2D eigenvalue weighted by Gasteiger charge is -2.18. The number of rotatable bonds is 6. The molecule has 0 aliphatic carbocycles. The lowest BCUT2D eigenvalue weighted by atomic mass is 10.0. The molecule has 1 atom stereocenters. The third-order valence-electron chi connectivity index (χ3n) is 3.17. The summed E-state index contributed by atoms with van der Waals surface area (Å²) in [7, 11) is 0. The van der Waals surface area contributed by atoms with Gasteiger partial charge in [0.05, 0.1) is 18.9 Å². The zero-order valence-electron chi connectivity index (χ0n) is 11.8. The standard InChI is InChI=1S/C17H16BrNO3/c18-14-8-4-7-13(10-14)15(11-17(21)22)19-16(20)9-12-5-2-1-3-6-12/h1-8,10,15H,9,11H2,(H,19,20)(H,21,22)/t15-/m0/s1. The normalized spacial score (nSPS) is 11.7. The van der Waals surface area contributed by atoms with Gasteiger partial charge in [-0.2, -0.15) is 0 Å². The number of carbonyl (C=O) groups is 2. The maximum atomic E-state index is 12.1. The minimum absolute atomic E-state index is 0.156. The number of hydrogen-bond donors (Lipinski definition) is 2. The van der Waals surface area contributed by atoms with Crippen LogP contribution in [0.25, 0.3) is 0 Å². The maximum Gasteiger partial charge on any atom is 0.305 e. The van der Waals surface area contributed by atoms with Crippen molar-refractivity contribution >= 4 is 27.8 Å². The van der Waals surface area contributed by atoms with Gasteiger partial charge in [-0.05, 0) is 23.3 Å². The molecule has 2 N–H and O–H groups in total. The summed E-state index contributed by atoms with van der Waals surface area (Å²) in [5, 5.41) is 11.9. The Balaban J connectivity index is 2.09. The molecule has 0 saturated heterocycles. The van der Waals surface area contributed by atoms with Gasteiger partial charge in [0, 0.05) is 4.47 Å². The summed E-state index contributed by atoms with van der Waals surface area (Å²) in [5.74, 6) is -1.15. The summed E-state index contributed by atoms with van der Waals surface area (Å²) < 4.78 is 0.845. The molecule has 0 radical (unpaired) electrons. The van der Waals surface area contributed by atoms with Gasteiger partial charge in [-0.1, -0.05) is 58.4 Å². The average Bonchev–Trinajstić information content (AvgIpc) is 2.47. The van der Waals surface area contributed by atoms with Crippen LogP contribution in [0.2, 0.25) is 0 Å². The molecule has 0 saturated carbocycles. The Bertz CT molecular complexity index is 658. The zero-order chi connectivity index (χ0) is 15.9. The molecule has 0 aliphatic rings. The quantitative estimate of drug-likeness (QED) is 0.829. The Morgan fingerprint density at radius 1 is 1.09 bits per heavy atom. The molecule has 2 aromatic rings. The number of aliphatic carboxylic acids is 1. The highest BCUT2D eigenvalue weighted by molar-refractivity contribution is 9.10. The van der Waals surface area contributed by atoms with Gasteiger partial charge in [0.25, 0.3) is 0 Å². The molecule has 0 fully saturated rings. The van der Waals surface area contributed by atoms with Gasteiger partial charge in [-0.3, -0.25) is 9.59 Å². The van der Waals surface area contributed by atoms with Crippen molar-refractivity contribution < 1.29 is 14.7 Å². The fourth-order valence-electron chi connectivity index (χ4n) is 2.18. The molecule has 0 unspecified atom stereocenters. The summed E-state index contributed by atoms with van der Waals surface area (Å²) in [6, 6.07) is 16.1. The molecule has 0 heterocycles. The molecule has 2 rings (SSSR count). The summed E-state index contributed by atoms with van der Waals surface area (Å²) in [6.07, 6.45) is 0.0714. The number of halogens is 1. The van der Waals surface area contributed by atoms with E-state index in [9.17, 15) is 9.59 Å². The van der Waals surface area contributed by atoms with Crippen LogP contribution in [-0.4, -0.2) is 17.0 Å². The highest BCUT2D eigenvalue weighted by Crippen LogP contribution is 2.21. The SMILES string of the molecule is O=C(O)C[C@H](NC(=O)Cc1ccccc1)c1cccc(Br)c1. The van der Waals surface area contributed by atoms with E-state index in [0.29, 0.717) is 0 Å². The van der Waals surface area contributed by atoms with Crippen LogP contribution in [0.5, 0.6) is 0 Å². The first kappa shape index (κ1) is 16.2. The summed E-state index contributed by atoms with van der Waals surface area (Å²) in [6.45, 7) is 0. The van der Waals surface area contributed by atoms with Gasteiger partial charge >= 0.3 is 5.97 Å². The molecule has 0 bridgehead atoms. The fourth-order valence-corrected chi connectivity index (χ4v) is 2.59. The summed E-state index contributed by atoms with van der Waals surface area (Å²) in [5.41, 5.74) is 1.65. The number of carbonyl (C=O) groups excluding carboxylic acids is 1. The second kappa shape index (κ2) is 7.75. The van der Waals surface area contributed by atoms with E-state index < -0.39 is 12.0 Å². The molecule has 0 aliphatic heterocycles. The summed E-state index contributed by atoms with van der Waals surface area (Å²) >= 11 is 3.36. The van der Waals surface area contributed by atoms with E-state index in [1.165, 1.54) is 0 Å². The van der Waals surface area contributed by atoms with E-state index in [2.05, 4.69) is 21.2 Å². The van der Waals surface area contributed by atoms with Gasteiger partial charge in [0.15, 0.2) is 0 Å². The fraction of sp³-hybridized carbons (Fsp3) is 0.176. The number of benzene rings is 2. The second-order valence-electron chi connectivity index (χ2n) is 4.94. The number of amides is 1. The minimum atomic E-state index is -0.954. The smallest absolute Gasteiger partial charge is 0.305 e. The predicted octanol–water partition coefficient (Wildman–Crippen LogP) is 3.32. The maximum absolute atomic E-state index is 12.1. The Morgan fingerprint density at radius 3 is 2.45 bits per heavy atom. The van der Waals surface area contributed by atoms with Crippen molar-refractivity contribution in [2.75, 3.05) is 0 Å². The third-order valence-corrected chi connectivity index (χ3v) is 3.67. The number of nitrogens with one attached hydrogen (secondary N) is 1. The van der Waals surface area contributed by atoms with Crippen molar-refractivity contribution in [3.63, 3.8) is 0 Å².